The van der Waals surface area contributed by atoms with Crippen LogP contribution in [0, 0.1) is 5.41 Å². The molecule has 0 atom stereocenters. The van der Waals surface area contributed by atoms with Gasteiger partial charge in [0, 0.05) is 15.9 Å². The van der Waals surface area contributed by atoms with E-state index in [4.69, 9.17) is 5.41 Å². The molecule has 0 radical (unpaired) electrons. The summed E-state index contributed by atoms with van der Waals surface area (Å²) in [4.78, 5) is 1.38. The smallest absolute Gasteiger partial charge is 0.0250 e. The van der Waals surface area contributed by atoms with Crippen LogP contribution in [0.3, 0.4) is 0 Å². The second-order valence-electron chi connectivity index (χ2n) is 5.82. The lowest BCUT2D eigenvalue weighted by molar-refractivity contribution is 0.408. The van der Waals surface area contributed by atoms with Gasteiger partial charge < -0.3 is 5.41 Å². The molecule has 86 valence electrons. The molecule has 1 aromatic rings. The summed E-state index contributed by atoms with van der Waals surface area (Å²) < 4.78 is 0.308. The number of fused-ring (bicyclic) bond motifs is 1. The Morgan fingerprint density at radius 1 is 1.25 bits per heavy atom. The lowest BCUT2D eigenvalue weighted by Gasteiger charge is -2.41. The average Bonchev–Trinajstić information content (AvgIpc) is 2.14. The summed E-state index contributed by atoms with van der Waals surface area (Å²) in [6, 6.07) is 6.38. The molecule has 1 aliphatic rings. The van der Waals surface area contributed by atoms with Crippen LogP contribution in [0.1, 0.15) is 45.2 Å². The van der Waals surface area contributed by atoms with E-state index in [1.807, 2.05) is 17.8 Å². The third kappa shape index (κ3) is 2.03. The molecule has 0 unspecified atom stereocenters. The van der Waals surface area contributed by atoms with Crippen molar-refractivity contribution in [3.8, 4) is 0 Å². The molecule has 0 aliphatic carbocycles. The molecule has 1 nitrogen and oxygen atoms in total. The summed E-state index contributed by atoms with van der Waals surface area (Å²) in [6.45, 7) is 9.24. The molecule has 1 heterocycles. The second-order valence-corrected chi connectivity index (χ2v) is 7.57. The first-order valence-electron chi connectivity index (χ1n) is 5.68. The molecule has 0 bridgehead atoms. The van der Waals surface area contributed by atoms with Crippen molar-refractivity contribution in [3.63, 3.8) is 0 Å². The minimum Gasteiger partial charge on any atom is -0.308 e. The predicted molar refractivity (Wildman–Crippen MR) is 71.9 cm³/mol. The quantitative estimate of drug-likeness (QED) is 0.721. The van der Waals surface area contributed by atoms with E-state index in [2.05, 4.69) is 39.8 Å². The van der Waals surface area contributed by atoms with Crippen LogP contribution >= 0.6 is 11.8 Å². The molecule has 16 heavy (non-hydrogen) atoms. The van der Waals surface area contributed by atoms with Crippen LogP contribution in [-0.4, -0.2) is 11.0 Å². The van der Waals surface area contributed by atoms with Gasteiger partial charge in [-0.1, -0.05) is 33.8 Å². The van der Waals surface area contributed by atoms with Gasteiger partial charge in [-0.25, -0.2) is 0 Å². The third-order valence-corrected chi connectivity index (χ3v) is 4.43. The average molecular weight is 233 g/mol. The number of thioether (sulfide) groups is 1. The Morgan fingerprint density at radius 2 is 1.94 bits per heavy atom. The zero-order valence-corrected chi connectivity index (χ0v) is 11.2. The van der Waals surface area contributed by atoms with Crippen LogP contribution in [0.4, 0.5) is 0 Å². The Kier molecular flexibility index (Phi) is 2.66. The van der Waals surface area contributed by atoms with E-state index in [1.165, 1.54) is 23.1 Å². The molecule has 1 aliphatic heterocycles. The van der Waals surface area contributed by atoms with Gasteiger partial charge >= 0.3 is 0 Å². The van der Waals surface area contributed by atoms with E-state index in [0.717, 1.165) is 5.56 Å². The van der Waals surface area contributed by atoms with Crippen molar-refractivity contribution >= 4 is 18.0 Å². The molecule has 0 amide bonds. The van der Waals surface area contributed by atoms with Crippen LogP contribution in [0.15, 0.2) is 23.1 Å². The SMILES string of the molecule is CC1(C)CC(C)(C)c2cc(C=N)ccc2S1. The van der Waals surface area contributed by atoms with E-state index in [0.29, 0.717) is 4.75 Å². The van der Waals surface area contributed by atoms with Crippen molar-refractivity contribution in [1.82, 2.24) is 0 Å². The highest BCUT2D eigenvalue weighted by Crippen LogP contribution is 2.50. The van der Waals surface area contributed by atoms with Gasteiger partial charge in [-0.3, -0.25) is 0 Å². The Morgan fingerprint density at radius 3 is 2.56 bits per heavy atom. The van der Waals surface area contributed by atoms with E-state index in [9.17, 15) is 0 Å². The monoisotopic (exact) mass is 233 g/mol. The highest BCUT2D eigenvalue weighted by atomic mass is 32.2. The van der Waals surface area contributed by atoms with Gasteiger partial charge in [0.15, 0.2) is 0 Å². The molecule has 0 spiro atoms. The van der Waals surface area contributed by atoms with Gasteiger partial charge in [-0.2, -0.15) is 0 Å². The van der Waals surface area contributed by atoms with Crippen molar-refractivity contribution in [1.29, 1.82) is 5.41 Å². The Balaban J connectivity index is 2.55. The van der Waals surface area contributed by atoms with Gasteiger partial charge in [0.2, 0.25) is 0 Å². The van der Waals surface area contributed by atoms with Gasteiger partial charge in [0.05, 0.1) is 0 Å². The number of hydrogen-bond donors (Lipinski definition) is 1. The van der Waals surface area contributed by atoms with Crippen molar-refractivity contribution in [2.24, 2.45) is 0 Å². The Bertz CT molecular complexity index is 432. The number of hydrogen-bond acceptors (Lipinski definition) is 2. The lowest BCUT2D eigenvalue weighted by Crippen LogP contribution is -2.33. The second kappa shape index (κ2) is 3.63. The van der Waals surface area contributed by atoms with Gasteiger partial charge in [0.25, 0.3) is 0 Å². The molecular weight excluding hydrogens is 214 g/mol. The Labute approximate surface area is 102 Å². The third-order valence-electron chi connectivity index (χ3n) is 3.15. The maximum atomic E-state index is 7.34. The summed E-state index contributed by atoms with van der Waals surface area (Å²) in [5.74, 6) is 0. The highest BCUT2D eigenvalue weighted by Gasteiger charge is 2.37. The summed E-state index contributed by atoms with van der Waals surface area (Å²) in [7, 11) is 0. The van der Waals surface area contributed by atoms with Crippen LogP contribution in [-0.2, 0) is 5.41 Å². The van der Waals surface area contributed by atoms with Crippen LogP contribution in [0.2, 0.25) is 0 Å². The highest BCUT2D eigenvalue weighted by molar-refractivity contribution is 8.00. The number of benzene rings is 1. The minimum atomic E-state index is 0.211. The predicted octanol–water partition coefficient (Wildman–Crippen LogP) is 4.24. The summed E-state index contributed by atoms with van der Waals surface area (Å²) in [5.41, 5.74) is 2.62. The van der Waals surface area contributed by atoms with Gasteiger partial charge in [-0.05, 0) is 35.1 Å². The molecule has 1 N–H and O–H groups in total. The molecule has 0 saturated carbocycles. The van der Waals surface area contributed by atoms with Crippen molar-refractivity contribution < 1.29 is 0 Å². The summed E-state index contributed by atoms with van der Waals surface area (Å²) >= 11 is 1.96. The van der Waals surface area contributed by atoms with Crippen molar-refractivity contribution in [3.05, 3.63) is 29.3 Å². The summed E-state index contributed by atoms with van der Waals surface area (Å²) in [6.07, 6.45) is 2.61. The fraction of sp³-hybridized carbons (Fsp3) is 0.500. The van der Waals surface area contributed by atoms with E-state index >= 15 is 0 Å². The molecule has 0 aromatic heterocycles. The van der Waals surface area contributed by atoms with Crippen molar-refractivity contribution in [2.45, 2.75) is 49.2 Å². The first kappa shape index (κ1) is 11.7. The molecule has 2 heteroatoms. The van der Waals surface area contributed by atoms with Crippen LogP contribution in [0.5, 0.6) is 0 Å². The van der Waals surface area contributed by atoms with E-state index < -0.39 is 0 Å². The topological polar surface area (TPSA) is 23.9 Å². The summed E-state index contributed by atoms with van der Waals surface area (Å²) in [5, 5.41) is 7.34. The molecular formula is C14H19NS. The standard InChI is InChI=1S/C14H19NS/c1-13(2)9-14(3,4)16-12-6-5-10(8-15)7-11(12)13/h5-8,15H,9H2,1-4H3. The molecule has 1 aromatic carbocycles. The first-order valence-corrected chi connectivity index (χ1v) is 6.50. The van der Waals surface area contributed by atoms with Crippen molar-refractivity contribution in [2.75, 3.05) is 0 Å². The normalized spacial score (nSPS) is 21.2. The maximum Gasteiger partial charge on any atom is 0.0250 e. The molecule has 2 rings (SSSR count). The van der Waals surface area contributed by atoms with E-state index in [1.54, 1.807) is 0 Å². The van der Waals surface area contributed by atoms with Gasteiger partial charge in [-0.15, -0.1) is 11.8 Å². The minimum absolute atomic E-state index is 0.211. The first-order chi connectivity index (χ1) is 7.34. The fourth-order valence-electron chi connectivity index (χ4n) is 2.75. The maximum absolute atomic E-state index is 7.34. The van der Waals surface area contributed by atoms with Gasteiger partial charge in [0.1, 0.15) is 0 Å². The fourth-order valence-corrected chi connectivity index (χ4v) is 4.36. The zero-order chi connectivity index (χ0) is 12.0. The van der Waals surface area contributed by atoms with Crippen LogP contribution in [0.25, 0.3) is 0 Å². The van der Waals surface area contributed by atoms with E-state index in [-0.39, 0.29) is 5.41 Å². The molecule has 0 fully saturated rings. The van der Waals surface area contributed by atoms with Crippen LogP contribution < -0.4 is 0 Å². The zero-order valence-electron chi connectivity index (χ0n) is 10.4. The lowest BCUT2D eigenvalue weighted by atomic mass is 9.76. The largest absolute Gasteiger partial charge is 0.308 e. The number of nitrogens with one attached hydrogen (secondary N) is 1. The Hall–Kier alpha value is -0.760. The molecule has 0 saturated heterocycles. The number of rotatable bonds is 1.